The van der Waals surface area contributed by atoms with Gasteiger partial charge in [0.25, 0.3) is 0 Å². The molecule has 2 aromatic heterocycles. The van der Waals surface area contributed by atoms with E-state index in [0.29, 0.717) is 17.3 Å². The predicted octanol–water partition coefficient (Wildman–Crippen LogP) is 1.60. The Bertz CT molecular complexity index is 408. The maximum absolute atomic E-state index is 8.80. The van der Waals surface area contributed by atoms with Crippen LogP contribution in [0.15, 0.2) is 16.0 Å². The number of aryl methyl sites for hydroxylation is 1. The summed E-state index contributed by atoms with van der Waals surface area (Å²) in [6, 6.07) is 0. The summed E-state index contributed by atoms with van der Waals surface area (Å²) in [5, 5.41) is 11.4. The lowest BCUT2D eigenvalue weighted by Gasteiger charge is -1.86. The van der Waals surface area contributed by atoms with Crippen molar-refractivity contribution in [3.63, 3.8) is 0 Å². The third kappa shape index (κ3) is 1.61. The van der Waals surface area contributed by atoms with Crippen LogP contribution in [0, 0.1) is 6.92 Å². The lowest BCUT2D eigenvalue weighted by Crippen LogP contribution is -1.81. The van der Waals surface area contributed by atoms with E-state index in [9.17, 15) is 0 Å². The minimum absolute atomic E-state index is 0.0381. The molecule has 0 aromatic carbocycles. The van der Waals surface area contributed by atoms with Crippen LogP contribution in [0.25, 0.3) is 10.8 Å². The highest BCUT2D eigenvalue weighted by Crippen LogP contribution is 2.23. The van der Waals surface area contributed by atoms with Crippen LogP contribution in [0.5, 0.6) is 0 Å². The molecule has 0 amide bonds. The molecule has 0 fully saturated rings. The molecule has 5 heteroatoms. The molecule has 0 saturated heterocycles. The Labute approximate surface area is 78.9 Å². The van der Waals surface area contributed by atoms with Gasteiger partial charge in [0.15, 0.2) is 16.7 Å². The lowest BCUT2D eigenvalue weighted by atomic mass is 10.5. The molecule has 0 atom stereocenters. The summed E-state index contributed by atoms with van der Waals surface area (Å²) in [5.41, 5.74) is 0.661. The van der Waals surface area contributed by atoms with E-state index >= 15 is 0 Å². The van der Waals surface area contributed by atoms with Crippen molar-refractivity contribution in [2.75, 3.05) is 0 Å². The molecule has 4 nitrogen and oxygen atoms in total. The van der Waals surface area contributed by atoms with Crippen molar-refractivity contribution in [1.29, 1.82) is 0 Å². The van der Waals surface area contributed by atoms with Gasteiger partial charge in [-0.3, -0.25) is 0 Å². The summed E-state index contributed by atoms with van der Waals surface area (Å²) < 4.78 is 5.28. The molecule has 0 radical (unpaired) electrons. The fourth-order valence-corrected chi connectivity index (χ4v) is 1.71. The summed E-state index contributed by atoms with van der Waals surface area (Å²) in [6.07, 6.45) is 1.63. The zero-order chi connectivity index (χ0) is 9.26. The van der Waals surface area contributed by atoms with Crippen LogP contribution >= 0.6 is 11.3 Å². The number of hydrogen-bond donors (Lipinski definition) is 1. The summed E-state index contributed by atoms with van der Waals surface area (Å²) >= 11 is 1.44. The third-order valence-electron chi connectivity index (χ3n) is 1.55. The summed E-state index contributed by atoms with van der Waals surface area (Å²) in [5.74, 6) is 1.28. The van der Waals surface area contributed by atoms with E-state index in [-0.39, 0.29) is 6.61 Å². The Morgan fingerprint density at radius 1 is 1.62 bits per heavy atom. The molecule has 2 aromatic rings. The first-order valence-electron chi connectivity index (χ1n) is 3.77. The number of nitrogens with zero attached hydrogens (tertiary/aromatic N) is 2. The molecule has 13 heavy (non-hydrogen) atoms. The molecule has 0 aliphatic carbocycles. The topological polar surface area (TPSA) is 59.2 Å². The highest BCUT2D eigenvalue weighted by atomic mass is 32.1. The van der Waals surface area contributed by atoms with Crippen molar-refractivity contribution in [3.8, 4) is 10.8 Å². The molecule has 2 rings (SSSR count). The molecule has 0 unspecified atom stereocenters. The first-order chi connectivity index (χ1) is 6.29. The molecular weight excluding hydrogens is 188 g/mol. The van der Waals surface area contributed by atoms with Gasteiger partial charge in [0.2, 0.25) is 0 Å². The van der Waals surface area contributed by atoms with Gasteiger partial charge in [-0.25, -0.2) is 9.97 Å². The van der Waals surface area contributed by atoms with Crippen LogP contribution in [-0.2, 0) is 6.61 Å². The molecular formula is C8H8N2O2S. The van der Waals surface area contributed by atoms with Gasteiger partial charge in [-0.2, -0.15) is 0 Å². The van der Waals surface area contributed by atoms with Crippen molar-refractivity contribution in [2.24, 2.45) is 0 Å². The van der Waals surface area contributed by atoms with Crippen molar-refractivity contribution < 1.29 is 9.52 Å². The largest absolute Gasteiger partial charge is 0.439 e. The Morgan fingerprint density at radius 2 is 2.46 bits per heavy atom. The Balaban J connectivity index is 2.35. The molecule has 1 N–H and O–H groups in total. The average molecular weight is 196 g/mol. The third-order valence-corrected chi connectivity index (χ3v) is 2.45. The Morgan fingerprint density at radius 3 is 3.00 bits per heavy atom. The SMILES string of the molecule is Cc1ncc(-c2nc(CO)cs2)o1. The van der Waals surface area contributed by atoms with Gasteiger partial charge in [0, 0.05) is 12.3 Å². The second-order valence-electron chi connectivity index (χ2n) is 2.55. The molecule has 2 heterocycles. The zero-order valence-corrected chi connectivity index (χ0v) is 7.84. The maximum atomic E-state index is 8.80. The maximum Gasteiger partial charge on any atom is 0.191 e. The van der Waals surface area contributed by atoms with E-state index < -0.39 is 0 Å². The lowest BCUT2D eigenvalue weighted by molar-refractivity contribution is 0.277. The number of aliphatic hydroxyl groups is 1. The highest BCUT2D eigenvalue weighted by molar-refractivity contribution is 7.13. The number of aromatic nitrogens is 2. The van der Waals surface area contributed by atoms with Gasteiger partial charge in [0.1, 0.15) is 0 Å². The minimum atomic E-state index is -0.0381. The standard InChI is InChI=1S/C8H8N2O2S/c1-5-9-2-7(12-5)8-10-6(3-11)4-13-8/h2,4,11H,3H2,1H3. The van der Waals surface area contributed by atoms with E-state index in [0.717, 1.165) is 5.01 Å². The van der Waals surface area contributed by atoms with Gasteiger partial charge in [-0.05, 0) is 0 Å². The molecule has 68 valence electrons. The molecule has 0 aliphatic rings. The number of oxazole rings is 1. The van der Waals surface area contributed by atoms with Crippen LogP contribution in [0.4, 0.5) is 0 Å². The first-order valence-corrected chi connectivity index (χ1v) is 4.65. The van der Waals surface area contributed by atoms with Crippen molar-refractivity contribution in [2.45, 2.75) is 13.5 Å². The normalized spacial score (nSPS) is 10.6. The zero-order valence-electron chi connectivity index (χ0n) is 7.02. The second kappa shape index (κ2) is 3.27. The van der Waals surface area contributed by atoms with E-state index in [1.165, 1.54) is 11.3 Å². The number of rotatable bonds is 2. The summed E-state index contributed by atoms with van der Waals surface area (Å²) in [7, 11) is 0. The fourth-order valence-electron chi connectivity index (χ4n) is 0.953. The smallest absolute Gasteiger partial charge is 0.191 e. The van der Waals surface area contributed by atoms with Crippen molar-refractivity contribution >= 4 is 11.3 Å². The van der Waals surface area contributed by atoms with E-state index in [4.69, 9.17) is 9.52 Å². The van der Waals surface area contributed by atoms with Crippen LogP contribution in [-0.4, -0.2) is 15.1 Å². The van der Waals surface area contributed by atoms with Crippen LogP contribution in [0.3, 0.4) is 0 Å². The minimum Gasteiger partial charge on any atom is -0.439 e. The molecule has 0 bridgehead atoms. The van der Waals surface area contributed by atoms with Gasteiger partial charge in [-0.15, -0.1) is 11.3 Å². The van der Waals surface area contributed by atoms with E-state index in [1.807, 2.05) is 0 Å². The van der Waals surface area contributed by atoms with Gasteiger partial charge >= 0.3 is 0 Å². The quantitative estimate of drug-likeness (QED) is 0.792. The Hall–Kier alpha value is -1.20. The second-order valence-corrected chi connectivity index (χ2v) is 3.40. The number of aliphatic hydroxyl groups excluding tert-OH is 1. The van der Waals surface area contributed by atoms with Crippen LogP contribution < -0.4 is 0 Å². The number of thiazole rings is 1. The first kappa shape index (κ1) is 8.40. The van der Waals surface area contributed by atoms with Gasteiger partial charge < -0.3 is 9.52 Å². The fraction of sp³-hybridized carbons (Fsp3) is 0.250. The summed E-state index contributed by atoms with van der Waals surface area (Å²) in [4.78, 5) is 8.11. The van der Waals surface area contributed by atoms with E-state index in [1.54, 1.807) is 18.5 Å². The van der Waals surface area contributed by atoms with Crippen molar-refractivity contribution in [3.05, 3.63) is 23.2 Å². The van der Waals surface area contributed by atoms with Gasteiger partial charge in [0.05, 0.1) is 18.5 Å². The molecule has 0 spiro atoms. The van der Waals surface area contributed by atoms with Crippen molar-refractivity contribution in [1.82, 2.24) is 9.97 Å². The monoisotopic (exact) mass is 196 g/mol. The van der Waals surface area contributed by atoms with Crippen LogP contribution in [0.2, 0.25) is 0 Å². The average Bonchev–Trinajstić information content (AvgIpc) is 2.71. The Kier molecular flexibility index (Phi) is 2.12. The summed E-state index contributed by atoms with van der Waals surface area (Å²) in [6.45, 7) is 1.74. The number of hydrogen-bond acceptors (Lipinski definition) is 5. The van der Waals surface area contributed by atoms with Crippen LogP contribution in [0.1, 0.15) is 11.6 Å². The van der Waals surface area contributed by atoms with Gasteiger partial charge in [-0.1, -0.05) is 0 Å². The predicted molar refractivity (Wildman–Crippen MR) is 48.3 cm³/mol. The molecule has 0 aliphatic heterocycles. The highest BCUT2D eigenvalue weighted by Gasteiger charge is 2.07. The molecule has 0 saturated carbocycles. The van der Waals surface area contributed by atoms with E-state index in [2.05, 4.69) is 9.97 Å².